The van der Waals surface area contributed by atoms with E-state index in [9.17, 15) is 4.79 Å². The fraction of sp³-hybridized carbons (Fsp3) is 0.455. The van der Waals surface area contributed by atoms with Gasteiger partial charge in [0.1, 0.15) is 11.8 Å². The molecule has 1 amide bonds. The number of carbonyl (C=O) groups excluding carboxylic acids is 1. The molecule has 1 aromatic carbocycles. The van der Waals surface area contributed by atoms with E-state index in [1.165, 1.54) is 5.56 Å². The van der Waals surface area contributed by atoms with Crippen molar-refractivity contribution in [3.8, 4) is 0 Å². The summed E-state index contributed by atoms with van der Waals surface area (Å²) in [5, 5.41) is 0. The van der Waals surface area contributed by atoms with Crippen LogP contribution in [0.1, 0.15) is 31.2 Å². The number of nitrogens with one attached hydrogen (secondary N) is 1. The van der Waals surface area contributed by atoms with Crippen LogP contribution in [0, 0.1) is 5.41 Å². The molecule has 0 radical (unpaired) electrons. The summed E-state index contributed by atoms with van der Waals surface area (Å²) in [5.74, 6) is 1.22. The van der Waals surface area contributed by atoms with Crippen molar-refractivity contribution in [1.82, 2.24) is 24.8 Å². The van der Waals surface area contributed by atoms with Gasteiger partial charge in [-0.2, -0.15) is 0 Å². The molecule has 2 aliphatic rings. The standard InChI is InChI=1S/C22H26N6O/c29-18-7-10-22(13-27(18)12-8-17-5-2-1-3-6-17)9-4-11-28(14-22)21-19-20(24-15-23-19)25-16-26-21/h1-3,5-6,15-16H,4,7-14H2,(H,23,24,25,26)/t22-/m1/s1. The minimum atomic E-state index is 0.139. The molecule has 150 valence electrons. The van der Waals surface area contributed by atoms with Gasteiger partial charge >= 0.3 is 0 Å². The number of hydrogen-bond donors (Lipinski definition) is 1. The molecule has 0 saturated carbocycles. The minimum absolute atomic E-state index is 0.139. The van der Waals surface area contributed by atoms with E-state index in [2.05, 4.69) is 54.0 Å². The van der Waals surface area contributed by atoms with Gasteiger partial charge in [-0.3, -0.25) is 4.79 Å². The molecule has 7 heteroatoms. The molecule has 2 saturated heterocycles. The SMILES string of the molecule is O=C1CC[C@]2(CCCN(c3ncnc4nc[nH]c34)C2)CN1CCc1ccccc1. The van der Waals surface area contributed by atoms with Gasteiger partial charge in [-0.25, -0.2) is 15.0 Å². The Morgan fingerprint density at radius 1 is 1.07 bits per heavy atom. The molecule has 3 aromatic rings. The zero-order valence-electron chi connectivity index (χ0n) is 16.5. The Kier molecular flexibility index (Phi) is 4.66. The van der Waals surface area contributed by atoms with E-state index < -0.39 is 0 Å². The summed E-state index contributed by atoms with van der Waals surface area (Å²) in [6.07, 6.45) is 8.06. The van der Waals surface area contributed by atoms with E-state index in [0.29, 0.717) is 18.0 Å². The van der Waals surface area contributed by atoms with Gasteiger partial charge in [0, 0.05) is 38.0 Å². The lowest BCUT2D eigenvalue weighted by Gasteiger charge is -2.48. The van der Waals surface area contributed by atoms with Gasteiger partial charge in [-0.15, -0.1) is 0 Å². The maximum Gasteiger partial charge on any atom is 0.222 e. The van der Waals surface area contributed by atoms with E-state index in [1.54, 1.807) is 12.7 Å². The molecule has 5 rings (SSSR count). The van der Waals surface area contributed by atoms with Gasteiger partial charge in [0.15, 0.2) is 11.5 Å². The molecule has 1 N–H and O–H groups in total. The molecule has 2 aromatic heterocycles. The number of aromatic nitrogens is 4. The fourth-order valence-electron chi connectivity index (χ4n) is 4.93. The zero-order valence-corrected chi connectivity index (χ0v) is 16.5. The van der Waals surface area contributed by atoms with Crippen molar-refractivity contribution in [1.29, 1.82) is 0 Å². The van der Waals surface area contributed by atoms with Crippen LogP contribution in [0.4, 0.5) is 5.82 Å². The number of rotatable bonds is 4. The largest absolute Gasteiger partial charge is 0.354 e. The van der Waals surface area contributed by atoms with Crippen LogP contribution >= 0.6 is 0 Å². The number of nitrogens with zero attached hydrogens (tertiary/aromatic N) is 5. The second-order valence-electron chi connectivity index (χ2n) is 8.37. The van der Waals surface area contributed by atoms with Crippen molar-refractivity contribution < 1.29 is 4.79 Å². The van der Waals surface area contributed by atoms with Crippen molar-refractivity contribution in [3.05, 3.63) is 48.5 Å². The Morgan fingerprint density at radius 3 is 2.86 bits per heavy atom. The lowest BCUT2D eigenvalue weighted by Crippen LogP contribution is -2.54. The van der Waals surface area contributed by atoms with Gasteiger partial charge < -0.3 is 14.8 Å². The predicted molar refractivity (Wildman–Crippen MR) is 112 cm³/mol. The number of H-pyrrole nitrogens is 1. The van der Waals surface area contributed by atoms with Crippen molar-refractivity contribution >= 4 is 22.9 Å². The molecular weight excluding hydrogens is 364 g/mol. The molecular formula is C22H26N6O. The maximum absolute atomic E-state index is 12.6. The zero-order chi connectivity index (χ0) is 19.7. The van der Waals surface area contributed by atoms with Crippen molar-refractivity contribution in [3.63, 3.8) is 0 Å². The third-order valence-corrected chi connectivity index (χ3v) is 6.43. The first-order valence-electron chi connectivity index (χ1n) is 10.4. The van der Waals surface area contributed by atoms with Crippen LogP contribution in [0.3, 0.4) is 0 Å². The van der Waals surface area contributed by atoms with Crippen molar-refractivity contribution in [2.75, 3.05) is 31.1 Å². The van der Waals surface area contributed by atoms with Gasteiger partial charge in [0.2, 0.25) is 5.91 Å². The lowest BCUT2D eigenvalue weighted by molar-refractivity contribution is -0.137. The Labute approximate surface area is 170 Å². The van der Waals surface area contributed by atoms with Crippen LogP contribution < -0.4 is 4.90 Å². The van der Waals surface area contributed by atoms with E-state index in [1.807, 2.05) is 6.07 Å². The topological polar surface area (TPSA) is 78.0 Å². The highest BCUT2D eigenvalue weighted by atomic mass is 16.2. The number of imidazole rings is 1. The number of hydrogen-bond acceptors (Lipinski definition) is 5. The number of likely N-dealkylation sites (tertiary alicyclic amines) is 1. The number of piperidine rings is 2. The third-order valence-electron chi connectivity index (χ3n) is 6.43. The number of anilines is 1. The highest BCUT2D eigenvalue weighted by Gasteiger charge is 2.42. The van der Waals surface area contributed by atoms with Gasteiger partial charge in [0.05, 0.1) is 6.33 Å². The number of carbonyl (C=O) groups is 1. The van der Waals surface area contributed by atoms with Gasteiger partial charge in [-0.05, 0) is 31.2 Å². The van der Waals surface area contributed by atoms with Crippen LogP contribution in [0.2, 0.25) is 0 Å². The average molecular weight is 390 g/mol. The highest BCUT2D eigenvalue weighted by molar-refractivity contribution is 5.83. The molecule has 1 spiro atoms. The summed E-state index contributed by atoms with van der Waals surface area (Å²) >= 11 is 0. The number of benzene rings is 1. The third kappa shape index (κ3) is 3.57. The Hall–Kier alpha value is -2.96. The number of fused-ring (bicyclic) bond motifs is 1. The first-order valence-corrected chi connectivity index (χ1v) is 10.4. The summed E-state index contributed by atoms with van der Waals surface area (Å²) in [5.41, 5.74) is 3.03. The first kappa shape index (κ1) is 18.1. The summed E-state index contributed by atoms with van der Waals surface area (Å²) in [4.78, 5) is 33.3. The monoisotopic (exact) mass is 390 g/mol. The van der Waals surface area contributed by atoms with E-state index in [0.717, 1.165) is 63.2 Å². The molecule has 1 atom stereocenters. The van der Waals surface area contributed by atoms with Crippen molar-refractivity contribution in [2.45, 2.75) is 32.1 Å². The van der Waals surface area contributed by atoms with Crippen molar-refractivity contribution in [2.24, 2.45) is 5.41 Å². The minimum Gasteiger partial charge on any atom is -0.354 e. The highest BCUT2D eigenvalue weighted by Crippen LogP contribution is 2.40. The van der Waals surface area contributed by atoms with E-state index in [-0.39, 0.29) is 5.41 Å². The molecule has 4 heterocycles. The van der Waals surface area contributed by atoms with E-state index >= 15 is 0 Å². The lowest BCUT2D eigenvalue weighted by atomic mass is 9.73. The molecule has 29 heavy (non-hydrogen) atoms. The van der Waals surface area contributed by atoms with Crippen LogP contribution in [0.15, 0.2) is 43.0 Å². The summed E-state index contributed by atoms with van der Waals surface area (Å²) < 4.78 is 0. The summed E-state index contributed by atoms with van der Waals surface area (Å²) in [7, 11) is 0. The molecule has 2 aliphatic heterocycles. The first-order chi connectivity index (χ1) is 14.2. The predicted octanol–water partition coefficient (Wildman–Crippen LogP) is 2.80. The second kappa shape index (κ2) is 7.46. The molecule has 7 nitrogen and oxygen atoms in total. The number of amides is 1. The molecule has 2 fully saturated rings. The van der Waals surface area contributed by atoms with Crippen LogP contribution in [-0.4, -0.2) is 56.9 Å². The summed E-state index contributed by atoms with van der Waals surface area (Å²) in [6.45, 7) is 3.54. The molecule has 0 unspecified atom stereocenters. The fourth-order valence-corrected chi connectivity index (χ4v) is 4.93. The smallest absolute Gasteiger partial charge is 0.222 e. The van der Waals surface area contributed by atoms with Gasteiger partial charge in [0.25, 0.3) is 0 Å². The van der Waals surface area contributed by atoms with Crippen LogP contribution in [-0.2, 0) is 11.2 Å². The van der Waals surface area contributed by atoms with E-state index in [4.69, 9.17) is 0 Å². The van der Waals surface area contributed by atoms with Gasteiger partial charge in [-0.1, -0.05) is 30.3 Å². The Morgan fingerprint density at radius 2 is 1.97 bits per heavy atom. The quantitative estimate of drug-likeness (QED) is 0.741. The second-order valence-corrected chi connectivity index (χ2v) is 8.37. The number of aromatic amines is 1. The molecule has 0 bridgehead atoms. The average Bonchev–Trinajstić information content (AvgIpc) is 3.24. The van der Waals surface area contributed by atoms with Crippen LogP contribution in [0.5, 0.6) is 0 Å². The summed E-state index contributed by atoms with van der Waals surface area (Å²) in [6, 6.07) is 10.4. The Balaban J connectivity index is 1.33. The maximum atomic E-state index is 12.6. The molecule has 0 aliphatic carbocycles. The van der Waals surface area contributed by atoms with Crippen LogP contribution in [0.25, 0.3) is 11.2 Å². The Bertz CT molecular complexity index is 1000. The normalized spacial score (nSPS) is 22.6.